The number of nitrogens with zero attached hydrogens (tertiary/aromatic N) is 2. The molecular weight excluding hydrogens is 380 g/mol. The molecule has 0 aliphatic carbocycles. The predicted octanol–water partition coefficient (Wildman–Crippen LogP) is 4.10. The maximum Gasteiger partial charge on any atom is 0.191 e. The van der Waals surface area contributed by atoms with Crippen LogP contribution in [0, 0.1) is 0 Å². The molecule has 0 spiro atoms. The lowest BCUT2D eigenvalue weighted by atomic mass is 10.0. The van der Waals surface area contributed by atoms with Crippen LogP contribution in [0.15, 0.2) is 34.9 Å². The highest BCUT2D eigenvalue weighted by molar-refractivity contribution is 9.10. The van der Waals surface area contributed by atoms with Gasteiger partial charge in [-0.1, -0.05) is 15.9 Å². The minimum Gasteiger partial charge on any atom is -0.493 e. The van der Waals surface area contributed by atoms with Gasteiger partial charge in [0.2, 0.25) is 0 Å². The second-order valence-corrected chi connectivity index (χ2v) is 7.68. The zero-order valence-corrected chi connectivity index (χ0v) is 16.5. The highest BCUT2D eigenvalue weighted by Crippen LogP contribution is 2.25. The lowest BCUT2D eigenvalue weighted by molar-refractivity contribution is 0.104. The SMILES string of the molecule is CCOc1ccc(Br)cc1C(=O)C=CN1CCC(N2CCCC2)CC1. The summed E-state index contributed by atoms with van der Waals surface area (Å²) in [5.41, 5.74) is 0.611. The van der Waals surface area contributed by atoms with E-state index in [1.165, 1.54) is 38.8 Å². The van der Waals surface area contributed by atoms with Gasteiger partial charge in [0.05, 0.1) is 12.2 Å². The summed E-state index contributed by atoms with van der Waals surface area (Å²) in [5, 5.41) is 0. The van der Waals surface area contributed by atoms with Crippen LogP contribution in [0.2, 0.25) is 0 Å². The Kier molecular flexibility index (Phi) is 6.54. The molecular formula is C20H27BrN2O2. The smallest absolute Gasteiger partial charge is 0.191 e. The second kappa shape index (κ2) is 8.86. The number of ether oxygens (including phenoxy) is 1. The summed E-state index contributed by atoms with van der Waals surface area (Å²) in [5.74, 6) is 0.638. The van der Waals surface area contributed by atoms with Crippen molar-refractivity contribution in [3.05, 3.63) is 40.5 Å². The molecule has 25 heavy (non-hydrogen) atoms. The van der Waals surface area contributed by atoms with Crippen LogP contribution in [0.3, 0.4) is 0 Å². The molecule has 2 aliphatic heterocycles. The lowest BCUT2D eigenvalue weighted by Gasteiger charge is -2.36. The van der Waals surface area contributed by atoms with Crippen molar-refractivity contribution >= 4 is 21.7 Å². The van der Waals surface area contributed by atoms with Crippen LogP contribution < -0.4 is 4.74 Å². The first kappa shape index (κ1) is 18.5. The standard InChI is InChI=1S/C20H27BrN2O2/c1-2-25-20-6-5-16(21)15-18(20)19(24)9-14-22-12-7-17(8-13-22)23-10-3-4-11-23/h5-6,9,14-15,17H,2-4,7-8,10-13H2,1H3. The van der Waals surface area contributed by atoms with Crippen molar-refractivity contribution in [2.24, 2.45) is 0 Å². The lowest BCUT2D eigenvalue weighted by Crippen LogP contribution is -2.42. The van der Waals surface area contributed by atoms with Gasteiger partial charge in [0, 0.05) is 35.9 Å². The van der Waals surface area contributed by atoms with Crippen LogP contribution in [0.25, 0.3) is 0 Å². The van der Waals surface area contributed by atoms with E-state index in [2.05, 4.69) is 25.7 Å². The van der Waals surface area contributed by atoms with Crippen LogP contribution in [0.5, 0.6) is 5.75 Å². The molecule has 1 aromatic rings. The molecule has 2 saturated heterocycles. The van der Waals surface area contributed by atoms with Gasteiger partial charge in [-0.3, -0.25) is 4.79 Å². The van der Waals surface area contributed by atoms with E-state index in [0.29, 0.717) is 17.9 Å². The highest BCUT2D eigenvalue weighted by Gasteiger charge is 2.25. The van der Waals surface area contributed by atoms with E-state index in [1.807, 2.05) is 31.3 Å². The Hall–Kier alpha value is -1.33. The van der Waals surface area contributed by atoms with Gasteiger partial charge in [-0.25, -0.2) is 0 Å². The molecule has 2 aliphatic rings. The summed E-state index contributed by atoms with van der Waals surface area (Å²) in [6.07, 6.45) is 8.73. The van der Waals surface area contributed by atoms with E-state index in [-0.39, 0.29) is 5.78 Å². The minimum atomic E-state index is -0.00795. The molecule has 5 heteroatoms. The maximum atomic E-state index is 12.6. The third kappa shape index (κ3) is 4.85. The first-order valence-electron chi connectivity index (χ1n) is 9.30. The topological polar surface area (TPSA) is 32.8 Å². The molecule has 1 aromatic carbocycles. The zero-order valence-electron chi connectivity index (χ0n) is 14.9. The number of hydrogen-bond acceptors (Lipinski definition) is 4. The molecule has 0 amide bonds. The van der Waals surface area contributed by atoms with Gasteiger partial charge in [-0.05, 0) is 63.9 Å². The van der Waals surface area contributed by atoms with Gasteiger partial charge in [0.25, 0.3) is 0 Å². The van der Waals surface area contributed by atoms with Crippen LogP contribution in [-0.4, -0.2) is 54.4 Å². The molecule has 0 saturated carbocycles. The third-order valence-corrected chi connectivity index (χ3v) is 5.59. The number of piperidine rings is 1. The zero-order chi connectivity index (χ0) is 17.6. The third-order valence-electron chi connectivity index (χ3n) is 5.10. The monoisotopic (exact) mass is 406 g/mol. The van der Waals surface area contributed by atoms with E-state index in [9.17, 15) is 4.79 Å². The summed E-state index contributed by atoms with van der Waals surface area (Å²) >= 11 is 3.44. The minimum absolute atomic E-state index is 0.00795. The van der Waals surface area contributed by atoms with Crippen molar-refractivity contribution < 1.29 is 9.53 Å². The molecule has 0 N–H and O–H groups in total. The van der Waals surface area contributed by atoms with Crippen LogP contribution in [0.4, 0.5) is 0 Å². The van der Waals surface area contributed by atoms with Crippen molar-refractivity contribution in [2.45, 2.75) is 38.6 Å². The Morgan fingerprint density at radius 1 is 1.24 bits per heavy atom. The number of carbonyl (C=O) groups excluding carboxylic acids is 1. The van der Waals surface area contributed by atoms with Crippen molar-refractivity contribution in [2.75, 3.05) is 32.8 Å². The summed E-state index contributed by atoms with van der Waals surface area (Å²) in [6, 6.07) is 6.31. The summed E-state index contributed by atoms with van der Waals surface area (Å²) < 4.78 is 6.47. The van der Waals surface area contributed by atoms with Crippen LogP contribution >= 0.6 is 15.9 Å². The number of ketones is 1. The average Bonchev–Trinajstić information content (AvgIpc) is 3.16. The van der Waals surface area contributed by atoms with Gasteiger partial charge in [-0.15, -0.1) is 0 Å². The summed E-state index contributed by atoms with van der Waals surface area (Å²) in [6.45, 7) is 7.07. The quantitative estimate of drug-likeness (QED) is 0.525. The summed E-state index contributed by atoms with van der Waals surface area (Å²) in [7, 11) is 0. The van der Waals surface area contributed by atoms with Crippen LogP contribution in [-0.2, 0) is 0 Å². The molecule has 0 bridgehead atoms. The summed E-state index contributed by atoms with van der Waals surface area (Å²) in [4.78, 5) is 17.5. The highest BCUT2D eigenvalue weighted by atomic mass is 79.9. The molecule has 0 aromatic heterocycles. The van der Waals surface area contributed by atoms with Crippen molar-refractivity contribution in [1.29, 1.82) is 0 Å². The van der Waals surface area contributed by atoms with Gasteiger partial charge < -0.3 is 14.5 Å². The van der Waals surface area contributed by atoms with Gasteiger partial charge in [0.15, 0.2) is 5.78 Å². The van der Waals surface area contributed by atoms with Gasteiger partial charge in [-0.2, -0.15) is 0 Å². The molecule has 4 nitrogen and oxygen atoms in total. The molecule has 0 atom stereocenters. The molecule has 3 rings (SSSR count). The Morgan fingerprint density at radius 3 is 2.64 bits per heavy atom. The molecule has 0 radical (unpaired) electrons. The number of benzene rings is 1. The number of halogens is 1. The normalized spacial score (nSPS) is 19.7. The number of allylic oxidation sites excluding steroid dienone is 1. The van der Waals surface area contributed by atoms with Gasteiger partial charge in [0.1, 0.15) is 5.75 Å². The van der Waals surface area contributed by atoms with E-state index >= 15 is 0 Å². The largest absolute Gasteiger partial charge is 0.493 e. The molecule has 2 fully saturated rings. The second-order valence-electron chi connectivity index (χ2n) is 6.76. The Balaban J connectivity index is 1.57. The Bertz CT molecular complexity index is 618. The van der Waals surface area contributed by atoms with E-state index < -0.39 is 0 Å². The fourth-order valence-corrected chi connectivity index (χ4v) is 4.11. The Morgan fingerprint density at radius 2 is 1.96 bits per heavy atom. The van der Waals surface area contributed by atoms with Crippen molar-refractivity contribution in [1.82, 2.24) is 9.80 Å². The first-order valence-corrected chi connectivity index (χ1v) is 10.1. The van der Waals surface area contributed by atoms with E-state index in [1.54, 1.807) is 6.08 Å². The predicted molar refractivity (Wildman–Crippen MR) is 104 cm³/mol. The number of rotatable bonds is 6. The van der Waals surface area contributed by atoms with Crippen LogP contribution in [0.1, 0.15) is 43.0 Å². The number of hydrogen-bond donors (Lipinski definition) is 0. The van der Waals surface area contributed by atoms with Crippen molar-refractivity contribution in [3.8, 4) is 5.75 Å². The number of likely N-dealkylation sites (tertiary alicyclic amines) is 2. The first-order chi connectivity index (χ1) is 12.2. The van der Waals surface area contributed by atoms with E-state index in [0.717, 1.165) is 23.6 Å². The molecule has 0 unspecified atom stereocenters. The fraction of sp³-hybridized carbons (Fsp3) is 0.550. The van der Waals surface area contributed by atoms with Gasteiger partial charge >= 0.3 is 0 Å². The molecule has 2 heterocycles. The maximum absolute atomic E-state index is 12.6. The fourth-order valence-electron chi connectivity index (χ4n) is 3.75. The Labute approximate surface area is 159 Å². The van der Waals surface area contributed by atoms with E-state index in [4.69, 9.17) is 4.74 Å². The number of carbonyl (C=O) groups is 1. The molecule has 136 valence electrons. The average molecular weight is 407 g/mol. The van der Waals surface area contributed by atoms with Crippen molar-refractivity contribution in [3.63, 3.8) is 0 Å².